The van der Waals surface area contributed by atoms with Crippen LogP contribution in [0.1, 0.15) is 10.6 Å². The number of benzene rings is 1. The Morgan fingerprint density at radius 3 is 2.52 bits per heavy atom. The van der Waals surface area contributed by atoms with Gasteiger partial charge >= 0.3 is 0 Å². The molecule has 1 aromatic carbocycles. The molecular formula is C19H21Cl2N3O6S. The molecule has 2 amide bonds. The third-order valence-corrected chi connectivity index (χ3v) is 6.99. The number of halogens is 2. The average Bonchev–Trinajstić information content (AvgIpc) is 3.27. The number of nitrogens with one attached hydrogen (secondary N) is 1. The van der Waals surface area contributed by atoms with Crippen LogP contribution in [-0.2, 0) is 14.8 Å². The van der Waals surface area contributed by atoms with Crippen molar-refractivity contribution >= 4 is 45.0 Å². The maximum absolute atomic E-state index is 12.5. The van der Waals surface area contributed by atoms with Gasteiger partial charge in [-0.15, -0.1) is 0 Å². The number of ether oxygens (including phenoxy) is 1. The highest BCUT2D eigenvalue weighted by molar-refractivity contribution is 7.89. The van der Waals surface area contributed by atoms with Crippen molar-refractivity contribution in [2.24, 2.45) is 0 Å². The van der Waals surface area contributed by atoms with Crippen molar-refractivity contribution in [2.75, 3.05) is 45.1 Å². The number of rotatable bonds is 8. The second kappa shape index (κ2) is 10.4. The standard InChI is InChI=1S/C19H21Cl2N3O6S/c20-14-3-4-16(15(21)12-14)30-13-18(25)22-5-11-31(27,28)24-8-6-23(7-9-24)19(26)17-2-1-10-29-17/h1-4,10,12H,5-9,11,13H2,(H,22,25). The molecule has 0 bridgehead atoms. The van der Waals surface area contributed by atoms with E-state index in [1.165, 1.54) is 16.6 Å². The van der Waals surface area contributed by atoms with Crippen LogP contribution in [-0.4, -0.2) is 74.5 Å². The first-order valence-electron chi connectivity index (χ1n) is 9.41. The summed E-state index contributed by atoms with van der Waals surface area (Å²) in [5.41, 5.74) is 0. The first kappa shape index (κ1) is 23.4. The fraction of sp³-hybridized carbons (Fsp3) is 0.368. The van der Waals surface area contributed by atoms with E-state index in [9.17, 15) is 18.0 Å². The number of hydrogen-bond donors (Lipinski definition) is 1. The quantitative estimate of drug-likeness (QED) is 0.605. The molecule has 31 heavy (non-hydrogen) atoms. The van der Waals surface area contributed by atoms with Crippen molar-refractivity contribution in [3.63, 3.8) is 0 Å². The van der Waals surface area contributed by atoms with Gasteiger partial charge in [-0.1, -0.05) is 23.2 Å². The van der Waals surface area contributed by atoms with E-state index in [0.29, 0.717) is 10.8 Å². The molecule has 2 heterocycles. The van der Waals surface area contributed by atoms with Gasteiger partial charge in [-0.25, -0.2) is 8.42 Å². The largest absolute Gasteiger partial charge is 0.482 e. The Labute approximate surface area is 189 Å². The molecule has 0 saturated carbocycles. The van der Waals surface area contributed by atoms with Crippen molar-refractivity contribution < 1.29 is 27.2 Å². The highest BCUT2D eigenvalue weighted by Gasteiger charge is 2.29. The van der Waals surface area contributed by atoms with E-state index in [4.69, 9.17) is 32.4 Å². The summed E-state index contributed by atoms with van der Waals surface area (Å²) in [6, 6.07) is 7.80. The third-order valence-electron chi connectivity index (χ3n) is 4.59. The van der Waals surface area contributed by atoms with Crippen LogP contribution < -0.4 is 10.1 Å². The smallest absolute Gasteiger partial charge is 0.289 e. The monoisotopic (exact) mass is 489 g/mol. The molecule has 1 saturated heterocycles. The van der Waals surface area contributed by atoms with Crippen LogP contribution in [0.15, 0.2) is 41.0 Å². The van der Waals surface area contributed by atoms with Gasteiger partial charge in [0.15, 0.2) is 12.4 Å². The fourth-order valence-electron chi connectivity index (χ4n) is 2.96. The number of carbonyl (C=O) groups excluding carboxylic acids is 2. The second-order valence-corrected chi connectivity index (χ2v) is 9.63. The van der Waals surface area contributed by atoms with Crippen molar-refractivity contribution in [1.29, 1.82) is 0 Å². The zero-order valence-electron chi connectivity index (χ0n) is 16.4. The van der Waals surface area contributed by atoms with Crippen molar-refractivity contribution in [1.82, 2.24) is 14.5 Å². The van der Waals surface area contributed by atoms with Crippen LogP contribution in [0.2, 0.25) is 10.0 Å². The van der Waals surface area contributed by atoms with Crippen molar-refractivity contribution in [2.45, 2.75) is 0 Å². The molecule has 0 atom stereocenters. The zero-order chi connectivity index (χ0) is 22.4. The van der Waals surface area contributed by atoms with Crippen LogP contribution in [0.25, 0.3) is 0 Å². The predicted octanol–water partition coefficient (Wildman–Crippen LogP) is 1.87. The van der Waals surface area contributed by atoms with Gasteiger partial charge in [0.2, 0.25) is 10.0 Å². The molecule has 0 aliphatic carbocycles. The molecule has 9 nitrogen and oxygen atoms in total. The van der Waals surface area contributed by atoms with Crippen molar-refractivity contribution in [3.05, 3.63) is 52.4 Å². The summed E-state index contributed by atoms with van der Waals surface area (Å²) in [6.45, 7) is 0.517. The molecule has 1 fully saturated rings. The van der Waals surface area contributed by atoms with Gasteiger partial charge in [-0.2, -0.15) is 4.31 Å². The Morgan fingerprint density at radius 2 is 1.87 bits per heavy atom. The van der Waals surface area contributed by atoms with E-state index in [0.717, 1.165) is 0 Å². The third kappa shape index (κ3) is 6.36. The molecule has 1 N–H and O–H groups in total. The minimum Gasteiger partial charge on any atom is -0.482 e. The van der Waals surface area contributed by atoms with Gasteiger partial charge in [0, 0.05) is 37.7 Å². The normalized spacial score (nSPS) is 15.0. The second-order valence-electron chi connectivity index (χ2n) is 6.70. The molecule has 168 valence electrons. The fourth-order valence-corrected chi connectivity index (χ4v) is 4.76. The Kier molecular flexibility index (Phi) is 7.82. The minimum atomic E-state index is -3.58. The first-order chi connectivity index (χ1) is 14.8. The Balaban J connectivity index is 1.40. The molecule has 1 aliphatic rings. The summed E-state index contributed by atoms with van der Waals surface area (Å²) in [6.07, 6.45) is 1.41. The number of nitrogens with zero attached hydrogens (tertiary/aromatic N) is 2. The number of hydrogen-bond acceptors (Lipinski definition) is 6. The summed E-state index contributed by atoms with van der Waals surface area (Å²) >= 11 is 11.8. The van der Waals surface area contributed by atoms with Crippen LogP contribution in [0.5, 0.6) is 5.75 Å². The molecule has 0 spiro atoms. The van der Waals surface area contributed by atoms with E-state index >= 15 is 0 Å². The topological polar surface area (TPSA) is 109 Å². The molecule has 0 radical (unpaired) electrons. The number of furan rings is 1. The van der Waals surface area contributed by atoms with Crippen molar-refractivity contribution in [3.8, 4) is 5.75 Å². The van der Waals surface area contributed by atoms with E-state index in [1.54, 1.807) is 29.2 Å². The van der Waals surface area contributed by atoms with Crippen LogP contribution in [0.4, 0.5) is 0 Å². The summed E-state index contributed by atoms with van der Waals surface area (Å²) in [5, 5.41) is 3.22. The lowest BCUT2D eigenvalue weighted by Crippen LogP contribution is -2.51. The number of piperazine rings is 1. The van der Waals surface area contributed by atoms with Gasteiger partial charge in [0.1, 0.15) is 5.75 Å². The zero-order valence-corrected chi connectivity index (χ0v) is 18.8. The molecular weight excluding hydrogens is 469 g/mol. The number of carbonyl (C=O) groups is 2. The van der Waals surface area contributed by atoms with Gasteiger partial charge in [-0.05, 0) is 30.3 Å². The lowest BCUT2D eigenvalue weighted by atomic mass is 10.3. The van der Waals surface area contributed by atoms with Gasteiger partial charge < -0.3 is 19.4 Å². The summed E-state index contributed by atoms with van der Waals surface area (Å²) in [5.74, 6) is -0.478. The number of amides is 2. The van der Waals surface area contributed by atoms with Crippen LogP contribution in [0, 0.1) is 0 Å². The molecule has 2 aromatic rings. The van der Waals surface area contributed by atoms with Gasteiger partial charge in [0.25, 0.3) is 11.8 Å². The summed E-state index contributed by atoms with van der Waals surface area (Å²) < 4.78 is 36.8. The van der Waals surface area contributed by atoms with E-state index in [-0.39, 0.29) is 61.8 Å². The van der Waals surface area contributed by atoms with E-state index < -0.39 is 15.9 Å². The molecule has 3 rings (SSSR count). The molecule has 1 aromatic heterocycles. The average molecular weight is 490 g/mol. The predicted molar refractivity (Wildman–Crippen MR) is 115 cm³/mol. The maximum Gasteiger partial charge on any atom is 0.289 e. The Morgan fingerprint density at radius 1 is 1.13 bits per heavy atom. The van der Waals surface area contributed by atoms with Gasteiger partial charge in [-0.3, -0.25) is 9.59 Å². The molecule has 12 heteroatoms. The molecule has 1 aliphatic heterocycles. The van der Waals surface area contributed by atoms with Crippen LogP contribution in [0.3, 0.4) is 0 Å². The van der Waals surface area contributed by atoms with Gasteiger partial charge in [0.05, 0.1) is 17.0 Å². The van der Waals surface area contributed by atoms with E-state index in [2.05, 4.69) is 5.32 Å². The summed E-state index contributed by atoms with van der Waals surface area (Å²) in [7, 11) is -3.58. The molecule has 0 unspecified atom stereocenters. The van der Waals surface area contributed by atoms with Crippen LogP contribution >= 0.6 is 23.2 Å². The number of sulfonamides is 1. The highest BCUT2D eigenvalue weighted by Crippen LogP contribution is 2.27. The SMILES string of the molecule is O=C(COc1ccc(Cl)cc1Cl)NCCS(=O)(=O)N1CCN(C(=O)c2ccco2)CC1. The Hall–Kier alpha value is -2.27. The lowest BCUT2D eigenvalue weighted by Gasteiger charge is -2.33. The summed E-state index contributed by atoms with van der Waals surface area (Å²) in [4.78, 5) is 25.7. The van der Waals surface area contributed by atoms with E-state index in [1.807, 2.05) is 0 Å². The Bertz CT molecular complexity index is 1020. The minimum absolute atomic E-state index is 0.0651. The lowest BCUT2D eigenvalue weighted by molar-refractivity contribution is -0.122. The first-order valence-corrected chi connectivity index (χ1v) is 11.8. The maximum atomic E-state index is 12.5. The highest BCUT2D eigenvalue weighted by atomic mass is 35.5.